The lowest BCUT2D eigenvalue weighted by Gasteiger charge is -2.12. The molecule has 0 saturated carbocycles. The highest BCUT2D eigenvalue weighted by atomic mass is 16.5. The molecule has 0 amide bonds. The van der Waals surface area contributed by atoms with Gasteiger partial charge in [0.15, 0.2) is 5.96 Å². The maximum Gasteiger partial charge on any atom is 0.305 e. The van der Waals surface area contributed by atoms with Crippen LogP contribution in [0.25, 0.3) is 0 Å². The van der Waals surface area contributed by atoms with Crippen LogP contribution in [0, 0.1) is 0 Å². The first-order chi connectivity index (χ1) is 13.6. The summed E-state index contributed by atoms with van der Waals surface area (Å²) in [5, 5.41) is 6.61. The van der Waals surface area contributed by atoms with Gasteiger partial charge in [-0.05, 0) is 38.8 Å². The number of hydrogen-bond acceptors (Lipinski definition) is 5. The van der Waals surface area contributed by atoms with Crippen LogP contribution in [0.4, 0.5) is 0 Å². The van der Waals surface area contributed by atoms with Crippen molar-refractivity contribution in [3.63, 3.8) is 0 Å². The van der Waals surface area contributed by atoms with Crippen LogP contribution >= 0.6 is 0 Å². The van der Waals surface area contributed by atoms with Crippen molar-refractivity contribution in [3.05, 3.63) is 23.8 Å². The molecule has 28 heavy (non-hydrogen) atoms. The lowest BCUT2D eigenvalue weighted by molar-refractivity contribution is -0.143. The average Bonchev–Trinajstić information content (AvgIpc) is 2.71. The Morgan fingerprint density at radius 1 is 1.04 bits per heavy atom. The Morgan fingerprint density at radius 3 is 2.50 bits per heavy atom. The molecule has 0 aliphatic rings. The number of aliphatic imine (C=N–C) groups is 1. The number of unbranched alkanes of at least 4 members (excludes halogenated alkanes) is 3. The zero-order chi connectivity index (χ0) is 20.6. The Kier molecular flexibility index (Phi) is 12.3. The number of methoxy groups -OCH3 is 2. The molecule has 0 atom stereocenters. The summed E-state index contributed by atoms with van der Waals surface area (Å²) in [4.78, 5) is 15.9. The molecule has 0 unspecified atom stereocenters. The van der Waals surface area contributed by atoms with Gasteiger partial charge in [0.05, 0.1) is 27.4 Å². The number of hydrogen-bond donors (Lipinski definition) is 2. The van der Waals surface area contributed by atoms with Gasteiger partial charge in [-0.2, -0.15) is 0 Å². The number of guanidine groups is 1. The summed E-state index contributed by atoms with van der Waals surface area (Å²) in [6.07, 6.45) is 4.51. The number of esters is 1. The molecule has 7 heteroatoms. The van der Waals surface area contributed by atoms with Crippen molar-refractivity contribution in [2.75, 3.05) is 33.9 Å². The van der Waals surface area contributed by atoms with E-state index in [-0.39, 0.29) is 5.97 Å². The SMILES string of the molecule is CCNC(=NCc1ccc(OC)cc1OC)NCCCCCCC(=O)OCC. The second-order valence-corrected chi connectivity index (χ2v) is 6.27. The molecule has 0 aliphatic carbocycles. The van der Waals surface area contributed by atoms with Crippen molar-refractivity contribution in [2.45, 2.75) is 52.5 Å². The van der Waals surface area contributed by atoms with E-state index in [1.807, 2.05) is 32.0 Å². The second kappa shape index (κ2) is 14.6. The molecule has 0 aromatic heterocycles. The summed E-state index contributed by atoms with van der Waals surface area (Å²) >= 11 is 0. The first kappa shape index (κ1) is 23.6. The normalized spacial score (nSPS) is 11.1. The molecule has 158 valence electrons. The van der Waals surface area contributed by atoms with Crippen LogP contribution in [0.2, 0.25) is 0 Å². The van der Waals surface area contributed by atoms with E-state index >= 15 is 0 Å². The van der Waals surface area contributed by atoms with Crippen LogP contribution in [0.5, 0.6) is 11.5 Å². The van der Waals surface area contributed by atoms with E-state index < -0.39 is 0 Å². The maximum absolute atomic E-state index is 11.3. The summed E-state index contributed by atoms with van der Waals surface area (Å²) in [6.45, 7) is 6.48. The first-order valence-electron chi connectivity index (χ1n) is 10.0. The molecule has 0 heterocycles. The molecule has 1 rings (SSSR count). The van der Waals surface area contributed by atoms with E-state index in [1.165, 1.54) is 0 Å². The molecule has 0 aliphatic heterocycles. The molecule has 1 aromatic rings. The second-order valence-electron chi connectivity index (χ2n) is 6.27. The van der Waals surface area contributed by atoms with Gasteiger partial charge in [0.1, 0.15) is 11.5 Å². The highest BCUT2D eigenvalue weighted by Gasteiger charge is 2.05. The van der Waals surface area contributed by atoms with Crippen molar-refractivity contribution < 1.29 is 19.0 Å². The third-order valence-corrected chi connectivity index (χ3v) is 4.15. The molecule has 2 N–H and O–H groups in total. The molecular formula is C21H35N3O4. The van der Waals surface area contributed by atoms with Crippen LogP contribution in [0.1, 0.15) is 51.5 Å². The minimum absolute atomic E-state index is 0.101. The fourth-order valence-corrected chi connectivity index (χ4v) is 2.68. The third-order valence-electron chi connectivity index (χ3n) is 4.15. The van der Waals surface area contributed by atoms with Crippen LogP contribution in [-0.2, 0) is 16.1 Å². The van der Waals surface area contributed by atoms with Gasteiger partial charge in [0.25, 0.3) is 0 Å². The zero-order valence-electron chi connectivity index (χ0n) is 17.7. The molecule has 0 spiro atoms. The predicted octanol–water partition coefficient (Wildman–Crippen LogP) is 3.27. The molecule has 7 nitrogen and oxygen atoms in total. The van der Waals surface area contributed by atoms with Crippen molar-refractivity contribution in [3.8, 4) is 11.5 Å². The van der Waals surface area contributed by atoms with Crippen molar-refractivity contribution >= 4 is 11.9 Å². The quantitative estimate of drug-likeness (QED) is 0.232. The van der Waals surface area contributed by atoms with Gasteiger partial charge in [-0.1, -0.05) is 12.8 Å². The van der Waals surface area contributed by atoms with Crippen LogP contribution in [0.3, 0.4) is 0 Å². The Labute approximate surface area is 168 Å². The minimum Gasteiger partial charge on any atom is -0.497 e. The Balaban J connectivity index is 2.39. The number of carbonyl (C=O) groups excluding carboxylic acids is 1. The number of ether oxygens (including phenoxy) is 3. The topological polar surface area (TPSA) is 81.2 Å². The maximum atomic E-state index is 11.3. The Morgan fingerprint density at radius 2 is 1.82 bits per heavy atom. The lowest BCUT2D eigenvalue weighted by atomic mass is 10.1. The fourth-order valence-electron chi connectivity index (χ4n) is 2.68. The number of nitrogens with one attached hydrogen (secondary N) is 2. The van der Waals surface area contributed by atoms with Gasteiger partial charge < -0.3 is 24.8 Å². The largest absolute Gasteiger partial charge is 0.497 e. The standard InChI is InChI=1S/C21H35N3O4/c1-5-22-21(23-14-10-8-7-9-11-20(25)28-6-2)24-16-17-12-13-18(26-3)15-19(17)27-4/h12-13,15H,5-11,14,16H2,1-4H3,(H2,22,23,24). The number of rotatable bonds is 13. The molecule has 1 aromatic carbocycles. The summed E-state index contributed by atoms with van der Waals surface area (Å²) in [7, 11) is 3.28. The Bertz CT molecular complexity index is 605. The average molecular weight is 394 g/mol. The van der Waals surface area contributed by atoms with E-state index in [0.29, 0.717) is 19.6 Å². The van der Waals surface area contributed by atoms with Crippen molar-refractivity contribution in [2.24, 2.45) is 4.99 Å². The van der Waals surface area contributed by atoms with Crippen LogP contribution < -0.4 is 20.1 Å². The van der Waals surface area contributed by atoms with Gasteiger partial charge in [-0.25, -0.2) is 4.99 Å². The first-order valence-corrected chi connectivity index (χ1v) is 10.0. The summed E-state index contributed by atoms with van der Waals surface area (Å²) in [5.41, 5.74) is 1.000. The number of carbonyl (C=O) groups is 1. The monoisotopic (exact) mass is 393 g/mol. The van der Waals surface area contributed by atoms with E-state index in [1.54, 1.807) is 14.2 Å². The highest BCUT2D eigenvalue weighted by molar-refractivity contribution is 5.79. The van der Waals surface area contributed by atoms with Gasteiger partial charge in [-0.3, -0.25) is 4.79 Å². The van der Waals surface area contributed by atoms with Crippen molar-refractivity contribution in [1.29, 1.82) is 0 Å². The van der Waals surface area contributed by atoms with Gasteiger partial charge in [0.2, 0.25) is 0 Å². The van der Waals surface area contributed by atoms with Crippen LogP contribution in [-0.4, -0.2) is 45.8 Å². The number of benzene rings is 1. The third kappa shape index (κ3) is 9.48. The van der Waals surface area contributed by atoms with Gasteiger partial charge >= 0.3 is 5.97 Å². The lowest BCUT2D eigenvalue weighted by Crippen LogP contribution is -2.37. The predicted molar refractivity (Wildman–Crippen MR) is 112 cm³/mol. The van der Waals surface area contributed by atoms with Gasteiger partial charge in [0, 0.05) is 31.1 Å². The summed E-state index contributed by atoms with van der Waals surface area (Å²) in [5.74, 6) is 2.21. The van der Waals surface area contributed by atoms with Crippen molar-refractivity contribution in [1.82, 2.24) is 10.6 Å². The van der Waals surface area contributed by atoms with E-state index in [2.05, 4.69) is 15.6 Å². The van der Waals surface area contributed by atoms with E-state index in [4.69, 9.17) is 14.2 Å². The van der Waals surface area contributed by atoms with E-state index in [9.17, 15) is 4.79 Å². The summed E-state index contributed by atoms with van der Waals surface area (Å²) in [6, 6.07) is 5.74. The molecule has 0 fully saturated rings. The highest BCUT2D eigenvalue weighted by Crippen LogP contribution is 2.25. The fraction of sp³-hybridized carbons (Fsp3) is 0.619. The smallest absolute Gasteiger partial charge is 0.305 e. The molecule has 0 saturated heterocycles. The Hall–Kier alpha value is -2.44. The van der Waals surface area contributed by atoms with E-state index in [0.717, 1.165) is 61.8 Å². The zero-order valence-corrected chi connectivity index (χ0v) is 17.7. The minimum atomic E-state index is -0.101. The van der Waals surface area contributed by atoms with Crippen LogP contribution in [0.15, 0.2) is 23.2 Å². The molecule has 0 bridgehead atoms. The molecular weight excluding hydrogens is 358 g/mol. The van der Waals surface area contributed by atoms with Gasteiger partial charge in [-0.15, -0.1) is 0 Å². The molecule has 0 radical (unpaired) electrons. The number of nitrogens with zero attached hydrogens (tertiary/aromatic N) is 1. The summed E-state index contributed by atoms with van der Waals surface area (Å²) < 4.78 is 15.6.